The summed E-state index contributed by atoms with van der Waals surface area (Å²) < 4.78 is 20.3. The Balaban J connectivity index is 1.46. The molecule has 0 amide bonds. The van der Waals surface area contributed by atoms with Crippen molar-refractivity contribution in [3.63, 3.8) is 0 Å². The highest BCUT2D eigenvalue weighted by atomic mass is 19.1. The van der Waals surface area contributed by atoms with E-state index in [9.17, 15) is 14.6 Å². The number of halogens is 1. The molecule has 2 N–H and O–H groups in total. The van der Waals surface area contributed by atoms with Gasteiger partial charge >= 0.3 is 0 Å². The lowest BCUT2D eigenvalue weighted by Crippen LogP contribution is -2.52. The number of aliphatic hydroxyl groups is 2. The van der Waals surface area contributed by atoms with Crippen LogP contribution < -0.4 is 0 Å². The van der Waals surface area contributed by atoms with E-state index in [0.717, 1.165) is 51.4 Å². The Morgan fingerprint density at radius 3 is 2.00 bits per heavy atom. The van der Waals surface area contributed by atoms with Crippen molar-refractivity contribution in [2.75, 3.05) is 6.61 Å². The Bertz CT molecular complexity index is 452. The molecule has 4 heteroatoms. The minimum atomic E-state index is -1.21. The average Bonchev–Trinajstić information content (AvgIpc) is 2.49. The van der Waals surface area contributed by atoms with E-state index in [1.54, 1.807) is 6.08 Å². The molecular weight excluding hydrogens is 271 g/mol. The van der Waals surface area contributed by atoms with Gasteiger partial charge in [-0.3, -0.25) is 0 Å². The zero-order chi connectivity index (χ0) is 14.8. The highest BCUT2D eigenvalue weighted by molar-refractivity contribution is 5.25. The first kappa shape index (κ1) is 14.2. The van der Waals surface area contributed by atoms with Gasteiger partial charge in [0, 0.05) is 0 Å². The van der Waals surface area contributed by atoms with Gasteiger partial charge in [-0.1, -0.05) is 0 Å². The second kappa shape index (κ2) is 4.30. The molecule has 0 unspecified atom stereocenters. The third-order valence-corrected chi connectivity index (χ3v) is 6.79. The summed E-state index contributed by atoms with van der Waals surface area (Å²) in [6.07, 6.45) is 9.64. The van der Waals surface area contributed by atoms with Crippen molar-refractivity contribution < 1.29 is 19.3 Å². The fraction of sp³-hybridized carbons (Fsp3) is 0.882. The van der Waals surface area contributed by atoms with Gasteiger partial charge in [0.05, 0.1) is 17.8 Å². The Labute approximate surface area is 125 Å². The molecule has 0 aliphatic heterocycles. The molecule has 6 aliphatic rings. The minimum absolute atomic E-state index is 0.189. The first-order valence-corrected chi connectivity index (χ1v) is 8.35. The molecule has 0 heterocycles. The molecular formula is C17H25FO3. The SMILES string of the molecule is OC12CCC(COC34C=C(F)C(O)(CC3)CC4)(CC1)CC2. The molecule has 6 aliphatic carbocycles. The lowest BCUT2D eigenvalue weighted by molar-refractivity contribution is -0.160. The summed E-state index contributed by atoms with van der Waals surface area (Å²) in [6.45, 7) is 0.672. The second-order valence-electron chi connectivity index (χ2n) is 8.10. The van der Waals surface area contributed by atoms with E-state index in [0.29, 0.717) is 19.4 Å². The standard InChI is InChI=1S/C17H25FO3/c18-13-11-16(7-9-17(13,20)10-8-16)21-12-14-1-4-15(19,5-2-14)6-3-14/h11,19-20H,1-10,12H2. The van der Waals surface area contributed by atoms with Crippen molar-refractivity contribution in [2.24, 2.45) is 5.41 Å². The zero-order valence-electron chi connectivity index (χ0n) is 12.5. The van der Waals surface area contributed by atoms with E-state index in [2.05, 4.69) is 0 Å². The number of hydrogen-bond acceptors (Lipinski definition) is 3. The molecule has 3 nitrogen and oxygen atoms in total. The van der Waals surface area contributed by atoms with Gasteiger partial charge in [0.2, 0.25) is 0 Å². The summed E-state index contributed by atoms with van der Waals surface area (Å²) in [4.78, 5) is 0. The molecule has 4 fully saturated rings. The Kier molecular flexibility index (Phi) is 2.90. The molecule has 0 aromatic carbocycles. The molecule has 4 bridgehead atoms. The van der Waals surface area contributed by atoms with E-state index in [-0.39, 0.29) is 11.2 Å². The maximum atomic E-state index is 14.0. The van der Waals surface area contributed by atoms with Crippen LogP contribution in [0.2, 0.25) is 0 Å². The Morgan fingerprint density at radius 2 is 1.48 bits per heavy atom. The molecule has 0 saturated heterocycles. The predicted molar refractivity (Wildman–Crippen MR) is 76.4 cm³/mol. The van der Waals surface area contributed by atoms with Crippen molar-refractivity contribution in [1.29, 1.82) is 0 Å². The van der Waals surface area contributed by atoms with Gasteiger partial charge in [0.25, 0.3) is 0 Å². The normalized spacial score (nSPS) is 52.0. The van der Waals surface area contributed by atoms with Gasteiger partial charge in [-0.05, 0) is 75.7 Å². The van der Waals surface area contributed by atoms with Crippen LogP contribution >= 0.6 is 0 Å². The van der Waals surface area contributed by atoms with Gasteiger partial charge < -0.3 is 14.9 Å². The van der Waals surface area contributed by atoms with Crippen molar-refractivity contribution in [1.82, 2.24) is 0 Å². The second-order valence-corrected chi connectivity index (χ2v) is 8.10. The maximum absolute atomic E-state index is 14.0. The van der Waals surface area contributed by atoms with Crippen LogP contribution in [-0.2, 0) is 4.74 Å². The third kappa shape index (κ3) is 2.18. The topological polar surface area (TPSA) is 49.7 Å². The minimum Gasteiger partial charge on any atom is -0.390 e. The van der Waals surface area contributed by atoms with E-state index < -0.39 is 16.8 Å². The molecule has 4 saturated carbocycles. The monoisotopic (exact) mass is 296 g/mol. The molecule has 21 heavy (non-hydrogen) atoms. The Hall–Kier alpha value is -0.450. The summed E-state index contributed by atoms with van der Waals surface area (Å²) in [5.41, 5.74) is -1.93. The number of ether oxygens (including phenoxy) is 1. The first-order valence-electron chi connectivity index (χ1n) is 8.35. The smallest absolute Gasteiger partial charge is 0.130 e. The lowest BCUT2D eigenvalue weighted by Gasteiger charge is -2.53. The highest BCUT2D eigenvalue weighted by Gasteiger charge is 2.52. The van der Waals surface area contributed by atoms with E-state index in [4.69, 9.17) is 4.74 Å². The van der Waals surface area contributed by atoms with Crippen LogP contribution in [0.1, 0.15) is 64.2 Å². The summed E-state index contributed by atoms with van der Waals surface area (Å²) in [6, 6.07) is 0. The largest absolute Gasteiger partial charge is 0.390 e. The molecule has 0 radical (unpaired) electrons. The van der Waals surface area contributed by atoms with Crippen LogP contribution in [-0.4, -0.2) is 33.6 Å². The van der Waals surface area contributed by atoms with Crippen LogP contribution in [0.4, 0.5) is 4.39 Å². The number of fused-ring (bicyclic) bond motifs is 5. The van der Waals surface area contributed by atoms with Crippen LogP contribution in [0.25, 0.3) is 0 Å². The van der Waals surface area contributed by atoms with Crippen LogP contribution in [0, 0.1) is 5.41 Å². The third-order valence-electron chi connectivity index (χ3n) is 6.79. The van der Waals surface area contributed by atoms with Crippen LogP contribution in [0.5, 0.6) is 0 Å². The van der Waals surface area contributed by atoms with Gasteiger partial charge in [-0.15, -0.1) is 0 Å². The molecule has 0 spiro atoms. The molecule has 0 aromatic heterocycles. The average molecular weight is 296 g/mol. The Morgan fingerprint density at radius 1 is 0.905 bits per heavy atom. The van der Waals surface area contributed by atoms with Gasteiger partial charge in [0.1, 0.15) is 11.4 Å². The first-order chi connectivity index (χ1) is 9.87. The van der Waals surface area contributed by atoms with Gasteiger partial charge in [-0.25, -0.2) is 4.39 Å². The maximum Gasteiger partial charge on any atom is 0.130 e. The molecule has 0 atom stereocenters. The lowest BCUT2D eigenvalue weighted by atomic mass is 9.59. The van der Waals surface area contributed by atoms with Crippen LogP contribution in [0.3, 0.4) is 0 Å². The van der Waals surface area contributed by atoms with E-state index in [1.807, 2.05) is 0 Å². The van der Waals surface area contributed by atoms with Crippen molar-refractivity contribution in [3.8, 4) is 0 Å². The van der Waals surface area contributed by atoms with Crippen molar-refractivity contribution in [2.45, 2.75) is 81.0 Å². The fourth-order valence-corrected chi connectivity index (χ4v) is 4.78. The van der Waals surface area contributed by atoms with Crippen LogP contribution in [0.15, 0.2) is 11.9 Å². The summed E-state index contributed by atoms with van der Waals surface area (Å²) in [5, 5.41) is 20.4. The summed E-state index contributed by atoms with van der Waals surface area (Å²) in [7, 11) is 0. The quantitative estimate of drug-likeness (QED) is 0.841. The van der Waals surface area contributed by atoms with Crippen molar-refractivity contribution >= 4 is 0 Å². The molecule has 0 aromatic rings. The summed E-state index contributed by atoms with van der Waals surface area (Å²) >= 11 is 0. The van der Waals surface area contributed by atoms with E-state index >= 15 is 0 Å². The fourth-order valence-electron chi connectivity index (χ4n) is 4.78. The molecule has 6 rings (SSSR count). The van der Waals surface area contributed by atoms with Crippen molar-refractivity contribution in [3.05, 3.63) is 11.9 Å². The van der Waals surface area contributed by atoms with E-state index in [1.165, 1.54) is 0 Å². The summed E-state index contributed by atoms with van der Waals surface area (Å²) in [5.74, 6) is -0.390. The van der Waals surface area contributed by atoms with Gasteiger partial charge in [0.15, 0.2) is 0 Å². The number of rotatable bonds is 3. The predicted octanol–water partition coefficient (Wildman–Crippen LogP) is 3.00. The van der Waals surface area contributed by atoms with Gasteiger partial charge in [-0.2, -0.15) is 0 Å². The highest BCUT2D eigenvalue weighted by Crippen LogP contribution is 2.54. The zero-order valence-corrected chi connectivity index (χ0v) is 12.5. The molecule has 118 valence electrons. The number of hydrogen-bond donors (Lipinski definition) is 2.